The van der Waals surface area contributed by atoms with E-state index in [4.69, 9.17) is 18.9 Å². The van der Waals surface area contributed by atoms with Gasteiger partial charge in [0.2, 0.25) is 0 Å². The second-order valence-electron chi connectivity index (χ2n) is 8.49. The van der Waals surface area contributed by atoms with Gasteiger partial charge in [0.15, 0.2) is 11.5 Å². The molecule has 0 aliphatic carbocycles. The minimum absolute atomic E-state index is 0.0876. The highest BCUT2D eigenvalue weighted by Crippen LogP contribution is 2.38. The van der Waals surface area contributed by atoms with E-state index in [9.17, 15) is 9.90 Å². The van der Waals surface area contributed by atoms with E-state index in [2.05, 4.69) is 26.1 Å². The van der Waals surface area contributed by atoms with E-state index in [1.807, 2.05) is 36.4 Å². The molecule has 1 aliphatic rings. The number of hydrogen-bond acceptors (Lipinski definition) is 7. The Morgan fingerprint density at radius 2 is 1.72 bits per heavy atom. The van der Waals surface area contributed by atoms with Gasteiger partial charge in [0.25, 0.3) is 0 Å². The third-order valence-electron chi connectivity index (χ3n) is 5.16. The minimum atomic E-state index is -0.835. The Balaban J connectivity index is 1.60. The van der Waals surface area contributed by atoms with E-state index in [0.717, 1.165) is 22.6 Å². The normalized spacial score (nSPS) is 18.3. The predicted octanol–water partition coefficient (Wildman–Crippen LogP) is 4.25. The number of carbonyl (C=O) groups is 1. The first-order chi connectivity index (χ1) is 15.2. The summed E-state index contributed by atoms with van der Waals surface area (Å²) in [7, 11) is 3.24. The Bertz CT molecular complexity index is 943. The van der Waals surface area contributed by atoms with Crippen LogP contribution in [0.15, 0.2) is 36.4 Å². The molecule has 2 unspecified atom stereocenters. The third-order valence-corrected chi connectivity index (χ3v) is 6.43. The predicted molar refractivity (Wildman–Crippen MR) is 125 cm³/mol. The molecular weight excluding hydrogens is 430 g/mol. The van der Waals surface area contributed by atoms with E-state index in [1.54, 1.807) is 26.0 Å². The first-order valence-electron chi connectivity index (χ1n) is 10.5. The zero-order valence-corrected chi connectivity index (χ0v) is 20.0. The van der Waals surface area contributed by atoms with Gasteiger partial charge in [0.05, 0.1) is 19.6 Å². The molecule has 0 amide bonds. The van der Waals surface area contributed by atoms with Crippen LogP contribution in [0.5, 0.6) is 23.0 Å². The SMILES string of the molecule is COc1ccc(OCCOc2ccc(C3NC(C(=O)O)CS3)cc2OC)c(C(C)(C)C)c1. The summed E-state index contributed by atoms with van der Waals surface area (Å²) in [6, 6.07) is 10.9. The van der Waals surface area contributed by atoms with Crippen molar-refractivity contribution >= 4 is 17.7 Å². The number of hydrogen-bond donors (Lipinski definition) is 2. The molecule has 7 nitrogen and oxygen atoms in total. The Hall–Kier alpha value is -2.58. The second kappa shape index (κ2) is 10.4. The molecule has 1 heterocycles. The Labute approximate surface area is 193 Å². The number of ether oxygens (including phenoxy) is 4. The van der Waals surface area contributed by atoms with Crippen LogP contribution >= 0.6 is 11.8 Å². The van der Waals surface area contributed by atoms with Crippen molar-refractivity contribution in [1.29, 1.82) is 0 Å². The van der Waals surface area contributed by atoms with Gasteiger partial charge in [0, 0.05) is 11.3 Å². The Kier molecular flexibility index (Phi) is 7.79. The lowest BCUT2D eigenvalue weighted by molar-refractivity contribution is -0.138. The van der Waals surface area contributed by atoms with Crippen LogP contribution in [-0.4, -0.2) is 50.3 Å². The lowest BCUT2D eigenvalue weighted by Crippen LogP contribution is -2.33. The highest BCUT2D eigenvalue weighted by Gasteiger charge is 2.30. The standard InChI is InChI=1S/C24H31NO6S/c1-24(2,3)17-13-16(28-4)7-9-19(17)30-10-11-31-20-8-6-15(12-21(20)29-5)22-25-18(14-32-22)23(26)27/h6-9,12-13,18,22,25H,10-11,14H2,1-5H3,(H,26,27). The molecule has 0 spiro atoms. The number of rotatable bonds is 9. The van der Waals surface area contributed by atoms with Gasteiger partial charge in [-0.1, -0.05) is 26.8 Å². The number of carboxylic acid groups (broad SMARTS) is 1. The van der Waals surface area contributed by atoms with Crippen molar-refractivity contribution in [2.45, 2.75) is 37.6 Å². The summed E-state index contributed by atoms with van der Waals surface area (Å²) in [6.45, 7) is 7.12. The molecule has 0 radical (unpaired) electrons. The molecule has 3 rings (SSSR count). The molecule has 0 saturated carbocycles. The van der Waals surface area contributed by atoms with Crippen molar-refractivity contribution in [3.63, 3.8) is 0 Å². The number of methoxy groups -OCH3 is 2. The molecule has 2 aromatic carbocycles. The molecular formula is C24H31NO6S. The van der Waals surface area contributed by atoms with E-state index >= 15 is 0 Å². The number of aliphatic carboxylic acids is 1. The van der Waals surface area contributed by atoms with Crippen molar-refractivity contribution < 1.29 is 28.8 Å². The van der Waals surface area contributed by atoms with Crippen LogP contribution in [0.4, 0.5) is 0 Å². The van der Waals surface area contributed by atoms with Crippen molar-refractivity contribution in [3.05, 3.63) is 47.5 Å². The molecule has 8 heteroatoms. The fourth-order valence-electron chi connectivity index (χ4n) is 3.42. The molecule has 174 valence electrons. The molecule has 32 heavy (non-hydrogen) atoms. The highest BCUT2D eigenvalue weighted by atomic mass is 32.2. The summed E-state index contributed by atoms with van der Waals surface area (Å²) in [6.07, 6.45) is 0. The van der Waals surface area contributed by atoms with Gasteiger partial charge in [-0.05, 0) is 41.3 Å². The van der Waals surface area contributed by atoms with Gasteiger partial charge in [-0.25, -0.2) is 0 Å². The maximum absolute atomic E-state index is 11.2. The Morgan fingerprint density at radius 3 is 2.31 bits per heavy atom. The van der Waals surface area contributed by atoms with Crippen LogP contribution in [0.2, 0.25) is 0 Å². The number of nitrogens with one attached hydrogen (secondary N) is 1. The van der Waals surface area contributed by atoms with Crippen molar-refractivity contribution in [2.24, 2.45) is 0 Å². The van der Waals surface area contributed by atoms with Crippen molar-refractivity contribution in [2.75, 3.05) is 33.2 Å². The van der Waals surface area contributed by atoms with E-state index in [1.165, 1.54) is 0 Å². The van der Waals surface area contributed by atoms with Crippen LogP contribution in [0, 0.1) is 0 Å². The van der Waals surface area contributed by atoms with Crippen molar-refractivity contribution in [3.8, 4) is 23.0 Å². The molecule has 0 bridgehead atoms. The molecule has 0 aromatic heterocycles. The van der Waals surface area contributed by atoms with Crippen LogP contribution in [0.25, 0.3) is 0 Å². The first kappa shape index (κ1) is 24.1. The van der Waals surface area contributed by atoms with Crippen LogP contribution in [0.1, 0.15) is 37.3 Å². The summed E-state index contributed by atoms with van der Waals surface area (Å²) < 4.78 is 22.7. The molecule has 2 N–H and O–H groups in total. The third kappa shape index (κ3) is 5.81. The maximum Gasteiger partial charge on any atom is 0.321 e. The molecule has 1 fully saturated rings. The molecule has 1 saturated heterocycles. The van der Waals surface area contributed by atoms with Crippen LogP contribution in [0.3, 0.4) is 0 Å². The van der Waals surface area contributed by atoms with Gasteiger partial charge >= 0.3 is 5.97 Å². The summed E-state index contributed by atoms with van der Waals surface area (Å²) in [5.41, 5.74) is 1.93. The summed E-state index contributed by atoms with van der Waals surface area (Å²) in [5, 5.41) is 12.2. The molecule has 1 aliphatic heterocycles. The van der Waals surface area contributed by atoms with Crippen LogP contribution in [-0.2, 0) is 10.2 Å². The summed E-state index contributed by atoms with van der Waals surface area (Å²) in [4.78, 5) is 11.2. The topological polar surface area (TPSA) is 86.2 Å². The fourth-order valence-corrected chi connectivity index (χ4v) is 4.65. The van der Waals surface area contributed by atoms with Gasteiger partial charge in [0.1, 0.15) is 30.8 Å². The zero-order chi connectivity index (χ0) is 23.3. The highest BCUT2D eigenvalue weighted by molar-refractivity contribution is 7.99. The lowest BCUT2D eigenvalue weighted by Gasteiger charge is -2.23. The first-order valence-corrected chi connectivity index (χ1v) is 11.5. The van der Waals surface area contributed by atoms with E-state index < -0.39 is 12.0 Å². The lowest BCUT2D eigenvalue weighted by atomic mass is 9.86. The molecule has 2 aromatic rings. The van der Waals surface area contributed by atoms with Gasteiger partial charge in [-0.3, -0.25) is 10.1 Å². The smallest absolute Gasteiger partial charge is 0.321 e. The fraction of sp³-hybridized carbons (Fsp3) is 0.458. The van der Waals surface area contributed by atoms with Gasteiger partial charge < -0.3 is 24.1 Å². The van der Waals surface area contributed by atoms with E-state index in [0.29, 0.717) is 30.5 Å². The van der Waals surface area contributed by atoms with E-state index in [-0.39, 0.29) is 10.8 Å². The van der Waals surface area contributed by atoms with Gasteiger partial charge in [-0.15, -0.1) is 11.8 Å². The minimum Gasteiger partial charge on any atom is -0.497 e. The van der Waals surface area contributed by atoms with Gasteiger partial charge in [-0.2, -0.15) is 0 Å². The average molecular weight is 462 g/mol. The average Bonchev–Trinajstić information content (AvgIpc) is 3.27. The van der Waals surface area contributed by atoms with Crippen molar-refractivity contribution in [1.82, 2.24) is 5.32 Å². The quantitative estimate of drug-likeness (QED) is 0.536. The monoisotopic (exact) mass is 461 g/mol. The second-order valence-corrected chi connectivity index (χ2v) is 9.63. The number of benzene rings is 2. The number of carboxylic acids is 1. The summed E-state index contributed by atoms with van der Waals surface area (Å²) in [5.74, 6) is 2.51. The van der Waals surface area contributed by atoms with Crippen LogP contribution < -0.4 is 24.3 Å². The molecule has 2 atom stereocenters. The zero-order valence-electron chi connectivity index (χ0n) is 19.1. The maximum atomic E-state index is 11.2. The Morgan fingerprint density at radius 1 is 1.03 bits per heavy atom. The summed E-state index contributed by atoms with van der Waals surface area (Å²) >= 11 is 1.56. The largest absolute Gasteiger partial charge is 0.497 e. The number of thioether (sulfide) groups is 1.